The highest BCUT2D eigenvalue weighted by Crippen LogP contribution is 2.41. The molecular formula is C53H85N7O14. The summed E-state index contributed by atoms with van der Waals surface area (Å²) in [5, 5.41) is 15.9. The van der Waals surface area contributed by atoms with Gasteiger partial charge >= 0.3 is 17.9 Å². The van der Waals surface area contributed by atoms with E-state index in [9.17, 15) is 47.9 Å². The highest BCUT2D eigenvalue weighted by Gasteiger charge is 2.51. The van der Waals surface area contributed by atoms with Gasteiger partial charge in [-0.25, -0.2) is 0 Å². The molecule has 2 saturated carbocycles. The molecule has 416 valence electrons. The van der Waals surface area contributed by atoms with Crippen LogP contribution in [0.2, 0.25) is 0 Å². The van der Waals surface area contributed by atoms with E-state index in [1.807, 2.05) is 0 Å². The molecule has 3 rings (SSSR count). The van der Waals surface area contributed by atoms with Crippen molar-refractivity contribution in [3.05, 3.63) is 12.7 Å². The largest absolute Gasteiger partial charge is 0.460 e. The molecule has 1 unspecified atom stereocenters. The number of nitrogens with zero attached hydrogens (tertiary/aromatic N) is 1. The van der Waals surface area contributed by atoms with Crippen molar-refractivity contribution in [3.63, 3.8) is 0 Å². The van der Waals surface area contributed by atoms with Crippen LogP contribution in [-0.2, 0) is 67.0 Å². The first-order valence-corrected chi connectivity index (χ1v) is 26.5. The molecule has 0 bridgehead atoms. The fourth-order valence-corrected chi connectivity index (χ4v) is 9.84. The van der Waals surface area contributed by atoms with Crippen molar-refractivity contribution in [2.24, 2.45) is 17.8 Å². The molecule has 0 aromatic heterocycles. The van der Waals surface area contributed by atoms with Gasteiger partial charge in [-0.15, -0.1) is 0 Å². The Morgan fingerprint density at radius 3 is 1.76 bits per heavy atom. The van der Waals surface area contributed by atoms with Gasteiger partial charge in [0.05, 0.1) is 6.04 Å². The number of amides is 7. The van der Waals surface area contributed by atoms with E-state index in [2.05, 4.69) is 38.5 Å². The zero-order chi connectivity index (χ0) is 55.5. The highest BCUT2D eigenvalue weighted by atomic mass is 16.6. The normalized spacial score (nSPS) is 19.9. The number of Topliss-reactive ketones (excluding diaryl/α,β-unsaturated/α-hetero) is 1. The van der Waals surface area contributed by atoms with Crippen molar-refractivity contribution in [2.75, 3.05) is 13.2 Å². The van der Waals surface area contributed by atoms with Crippen LogP contribution in [-0.4, -0.2) is 137 Å². The molecular weight excluding hydrogens is 959 g/mol. The summed E-state index contributed by atoms with van der Waals surface area (Å²) in [6, 6.07) is -7.78. The third kappa shape index (κ3) is 20.4. The Labute approximate surface area is 436 Å². The molecule has 7 amide bonds. The number of esters is 3. The molecule has 1 saturated heterocycles. The Hall–Kier alpha value is -5.89. The number of carbonyl (C=O) groups excluding carboxylic acids is 11. The van der Waals surface area contributed by atoms with Gasteiger partial charge in [0.15, 0.2) is 0 Å². The van der Waals surface area contributed by atoms with Crippen molar-refractivity contribution in [2.45, 2.75) is 225 Å². The summed E-state index contributed by atoms with van der Waals surface area (Å²) in [5.41, 5.74) is -1.67. The van der Waals surface area contributed by atoms with Crippen molar-refractivity contribution < 1.29 is 67.0 Å². The number of fused-ring (bicyclic) bond motifs is 1. The second-order valence-electron chi connectivity index (χ2n) is 22.2. The van der Waals surface area contributed by atoms with E-state index < -0.39 is 125 Å². The number of likely N-dealkylation sites (tertiary alicyclic amines) is 1. The number of rotatable bonds is 26. The van der Waals surface area contributed by atoms with Crippen molar-refractivity contribution >= 4 is 65.0 Å². The first kappa shape index (κ1) is 62.4. The third-order valence-electron chi connectivity index (χ3n) is 13.2. The number of hydrogen-bond acceptors (Lipinski definition) is 14. The summed E-state index contributed by atoms with van der Waals surface area (Å²) in [7, 11) is 0. The molecule has 0 radical (unpaired) electrons. The van der Waals surface area contributed by atoms with Gasteiger partial charge in [-0.05, 0) is 111 Å². The molecule has 21 nitrogen and oxygen atoms in total. The molecule has 0 spiro atoms. The standard InChI is InChI=1S/C53H85N7O14/c1-12-19-35(45(65)50(70)54-30-42(64)72-28-13-2)56-48(68)39-29-34-22-17-18-23-38(34)60(39)51(71)44(33-20-15-14-16-21-33)59-49(69)43(31(3)4)58-47(67)37(25-27-41(63)74-53(9,10)11)57-46(66)36(55-32(5)61)24-26-40(62)73-52(6,7)8/h13,31,33-39,43-44H,2,12,14-30H2,1,3-11H3,(H,54,70)(H,55,61)(H,56,68)(H,57,66)(H,58,67)(H,59,69)/t34-,35?,36-,37-,38-,39-,43-,44-/m0/s1. The summed E-state index contributed by atoms with van der Waals surface area (Å²) in [5.74, 6) is -9.12. The molecule has 3 fully saturated rings. The molecule has 6 N–H and O–H groups in total. The molecule has 2 aliphatic carbocycles. The van der Waals surface area contributed by atoms with Gasteiger partial charge in [0, 0.05) is 25.8 Å². The number of ether oxygens (including phenoxy) is 3. The van der Waals surface area contributed by atoms with Gasteiger partial charge in [-0.2, -0.15) is 0 Å². The van der Waals surface area contributed by atoms with Crippen LogP contribution in [0.5, 0.6) is 0 Å². The first-order chi connectivity index (χ1) is 34.7. The van der Waals surface area contributed by atoms with E-state index in [1.54, 1.807) is 67.2 Å². The van der Waals surface area contributed by atoms with Crippen molar-refractivity contribution in [3.8, 4) is 0 Å². The number of carbonyl (C=O) groups is 11. The van der Waals surface area contributed by atoms with Crippen LogP contribution >= 0.6 is 0 Å². The van der Waals surface area contributed by atoms with Gasteiger partial charge < -0.3 is 51.0 Å². The molecule has 21 heteroatoms. The van der Waals surface area contributed by atoms with Crippen molar-refractivity contribution in [1.29, 1.82) is 0 Å². The predicted octanol–water partition coefficient (Wildman–Crippen LogP) is 3.28. The molecule has 74 heavy (non-hydrogen) atoms. The van der Waals surface area contributed by atoms with Gasteiger partial charge in [-0.1, -0.05) is 72.0 Å². The molecule has 1 heterocycles. The molecule has 8 atom stereocenters. The summed E-state index contributed by atoms with van der Waals surface area (Å²) < 4.78 is 15.7. The maximum Gasteiger partial charge on any atom is 0.325 e. The number of hydrogen-bond donors (Lipinski definition) is 6. The average Bonchev–Trinajstić information content (AvgIpc) is 3.71. The van der Waals surface area contributed by atoms with Crippen LogP contribution in [0.1, 0.15) is 172 Å². The Morgan fingerprint density at radius 1 is 0.662 bits per heavy atom. The monoisotopic (exact) mass is 1040 g/mol. The van der Waals surface area contributed by atoms with E-state index in [0.717, 1.165) is 38.5 Å². The van der Waals surface area contributed by atoms with Gasteiger partial charge in [-0.3, -0.25) is 52.7 Å². The summed E-state index contributed by atoms with van der Waals surface area (Å²) in [6.45, 7) is 19.2. The lowest BCUT2D eigenvalue weighted by Gasteiger charge is -2.39. The Morgan fingerprint density at radius 2 is 1.22 bits per heavy atom. The zero-order valence-corrected chi connectivity index (χ0v) is 45.4. The molecule has 1 aliphatic heterocycles. The minimum atomic E-state index is -1.45. The van der Waals surface area contributed by atoms with Crippen LogP contribution in [0.25, 0.3) is 0 Å². The lowest BCUT2D eigenvalue weighted by molar-refractivity contribution is -0.156. The second kappa shape index (κ2) is 29.3. The summed E-state index contributed by atoms with van der Waals surface area (Å²) in [6.07, 6.45) is 7.88. The molecule has 0 aromatic rings. The SMILES string of the molecule is C=CCOC(=O)CNC(=O)C(=O)C(CCC)NC(=O)[C@@H]1C[C@@H]2CCCC[C@@H]2N1C(=O)[C@@H](NC(=O)[C@@H](NC(=O)[C@H](CCC(=O)OC(C)(C)C)NC(=O)[C@H](CCC(=O)OC(C)(C)C)NC(C)=O)C(C)C)C1CCCCC1. The summed E-state index contributed by atoms with van der Waals surface area (Å²) >= 11 is 0. The lowest BCUT2D eigenvalue weighted by atomic mass is 9.82. The zero-order valence-electron chi connectivity index (χ0n) is 45.4. The van der Waals surface area contributed by atoms with Gasteiger partial charge in [0.25, 0.3) is 5.91 Å². The van der Waals surface area contributed by atoms with E-state index in [4.69, 9.17) is 14.2 Å². The van der Waals surface area contributed by atoms with Gasteiger partial charge in [0.2, 0.25) is 41.2 Å². The number of nitrogens with one attached hydrogen (secondary N) is 6. The smallest absolute Gasteiger partial charge is 0.325 e. The number of ketones is 1. The Kier molecular flexibility index (Phi) is 24.7. The summed E-state index contributed by atoms with van der Waals surface area (Å²) in [4.78, 5) is 151. The van der Waals surface area contributed by atoms with Gasteiger partial charge in [0.1, 0.15) is 54.6 Å². The maximum absolute atomic E-state index is 15.3. The van der Waals surface area contributed by atoms with Crippen LogP contribution in [0.4, 0.5) is 0 Å². The molecule has 0 aromatic carbocycles. The minimum Gasteiger partial charge on any atom is -0.460 e. The quantitative estimate of drug-likeness (QED) is 0.0314. The first-order valence-electron chi connectivity index (χ1n) is 26.5. The van der Waals surface area contributed by atoms with Crippen molar-refractivity contribution in [1.82, 2.24) is 36.8 Å². The predicted molar refractivity (Wildman–Crippen MR) is 272 cm³/mol. The van der Waals surface area contributed by atoms with E-state index in [0.29, 0.717) is 32.1 Å². The second-order valence-corrected chi connectivity index (χ2v) is 22.2. The minimum absolute atomic E-state index is 0.0468. The fraction of sp³-hybridized carbons (Fsp3) is 0.755. The average molecular weight is 1040 g/mol. The topological polar surface area (TPSA) is 291 Å². The lowest BCUT2D eigenvalue weighted by Crippen LogP contribution is -2.62. The Balaban J connectivity index is 1.94. The van der Waals surface area contributed by atoms with Crippen LogP contribution < -0.4 is 31.9 Å². The van der Waals surface area contributed by atoms with Crippen LogP contribution in [0.15, 0.2) is 12.7 Å². The van der Waals surface area contributed by atoms with E-state index >= 15 is 4.79 Å². The molecule has 3 aliphatic rings. The maximum atomic E-state index is 15.3. The van der Waals surface area contributed by atoms with Crippen LogP contribution in [0, 0.1) is 17.8 Å². The fourth-order valence-electron chi connectivity index (χ4n) is 9.84. The van der Waals surface area contributed by atoms with Crippen LogP contribution in [0.3, 0.4) is 0 Å². The van der Waals surface area contributed by atoms with E-state index in [1.165, 1.54) is 13.0 Å². The van der Waals surface area contributed by atoms with E-state index in [-0.39, 0.29) is 56.6 Å². The Bertz CT molecular complexity index is 2020. The highest BCUT2D eigenvalue weighted by molar-refractivity contribution is 6.38. The third-order valence-corrected chi connectivity index (χ3v) is 13.2.